The van der Waals surface area contributed by atoms with Crippen molar-refractivity contribution in [3.05, 3.63) is 65.5 Å². The summed E-state index contributed by atoms with van der Waals surface area (Å²) in [5, 5.41) is 12.6. The lowest BCUT2D eigenvalue weighted by atomic mass is 9.97. The van der Waals surface area contributed by atoms with Gasteiger partial charge in [0.25, 0.3) is 0 Å². The number of carbonyl (C=O) groups excluding carboxylic acids is 1. The van der Waals surface area contributed by atoms with E-state index in [0.29, 0.717) is 5.75 Å². The molecule has 0 saturated carbocycles. The van der Waals surface area contributed by atoms with Crippen LogP contribution in [0.1, 0.15) is 30.4 Å². The number of amides is 1. The normalized spacial score (nSPS) is 13.1. The van der Waals surface area contributed by atoms with Crippen LogP contribution in [-0.2, 0) is 4.79 Å². The van der Waals surface area contributed by atoms with Crippen molar-refractivity contribution in [1.29, 1.82) is 0 Å². The zero-order chi connectivity index (χ0) is 18.2. The van der Waals surface area contributed by atoms with Crippen molar-refractivity contribution in [2.24, 2.45) is 0 Å². The third-order valence-electron chi connectivity index (χ3n) is 3.90. The fraction of sp³-hybridized carbons (Fsp3) is 0.350. The molecule has 0 spiro atoms. The van der Waals surface area contributed by atoms with Gasteiger partial charge in [-0.15, -0.1) is 0 Å². The number of aliphatic hydroxyl groups is 1. The molecular formula is C20H24FNO3. The highest BCUT2D eigenvalue weighted by molar-refractivity contribution is 5.76. The molecule has 5 heteroatoms. The maximum absolute atomic E-state index is 12.9. The molecule has 0 saturated heterocycles. The van der Waals surface area contributed by atoms with E-state index in [-0.39, 0.29) is 37.2 Å². The Morgan fingerprint density at radius 1 is 1.24 bits per heavy atom. The van der Waals surface area contributed by atoms with Crippen molar-refractivity contribution in [3.63, 3.8) is 0 Å². The summed E-state index contributed by atoms with van der Waals surface area (Å²) < 4.78 is 18.4. The van der Waals surface area contributed by atoms with Crippen LogP contribution < -0.4 is 10.1 Å². The third-order valence-corrected chi connectivity index (χ3v) is 3.90. The number of carbonyl (C=O) groups is 1. The fourth-order valence-corrected chi connectivity index (χ4v) is 2.45. The summed E-state index contributed by atoms with van der Waals surface area (Å²) >= 11 is 0. The molecule has 0 bridgehead atoms. The molecule has 2 atom stereocenters. The SMILES string of the molecule is Cc1cccc(OCC(O)CNC(=O)CC(C)c2ccc(F)cc2)c1. The predicted octanol–water partition coefficient (Wildman–Crippen LogP) is 3.18. The first-order valence-electron chi connectivity index (χ1n) is 8.33. The van der Waals surface area contributed by atoms with E-state index in [2.05, 4.69) is 5.32 Å². The fourth-order valence-electron chi connectivity index (χ4n) is 2.45. The van der Waals surface area contributed by atoms with Gasteiger partial charge < -0.3 is 15.2 Å². The molecule has 2 aromatic carbocycles. The number of halogens is 1. The lowest BCUT2D eigenvalue weighted by Gasteiger charge is -2.15. The predicted molar refractivity (Wildman–Crippen MR) is 95.1 cm³/mol. The zero-order valence-corrected chi connectivity index (χ0v) is 14.5. The first kappa shape index (κ1) is 18.9. The lowest BCUT2D eigenvalue weighted by molar-refractivity contribution is -0.121. The van der Waals surface area contributed by atoms with Crippen LogP contribution in [0.5, 0.6) is 5.75 Å². The molecule has 2 aromatic rings. The van der Waals surface area contributed by atoms with Crippen LogP contribution in [-0.4, -0.2) is 30.3 Å². The van der Waals surface area contributed by atoms with E-state index < -0.39 is 6.10 Å². The van der Waals surface area contributed by atoms with E-state index in [0.717, 1.165) is 11.1 Å². The number of hydrogen-bond acceptors (Lipinski definition) is 3. The number of aryl methyl sites for hydroxylation is 1. The Kier molecular flexibility index (Phi) is 6.95. The second-order valence-corrected chi connectivity index (χ2v) is 6.24. The molecular weight excluding hydrogens is 321 g/mol. The molecule has 0 fully saturated rings. The van der Waals surface area contributed by atoms with Crippen LogP contribution in [0.4, 0.5) is 4.39 Å². The van der Waals surface area contributed by atoms with Crippen molar-refractivity contribution < 1.29 is 19.0 Å². The molecule has 0 aliphatic carbocycles. The van der Waals surface area contributed by atoms with Crippen molar-refractivity contribution in [2.45, 2.75) is 32.3 Å². The van der Waals surface area contributed by atoms with Crippen molar-refractivity contribution in [2.75, 3.05) is 13.2 Å². The Labute approximate surface area is 147 Å². The highest BCUT2D eigenvalue weighted by Crippen LogP contribution is 2.19. The Morgan fingerprint density at radius 3 is 2.64 bits per heavy atom. The maximum Gasteiger partial charge on any atom is 0.220 e. The monoisotopic (exact) mass is 345 g/mol. The number of nitrogens with one attached hydrogen (secondary N) is 1. The molecule has 0 aliphatic rings. The first-order chi connectivity index (χ1) is 11.9. The summed E-state index contributed by atoms with van der Waals surface area (Å²) in [6.45, 7) is 4.11. The number of hydrogen-bond donors (Lipinski definition) is 2. The first-order valence-corrected chi connectivity index (χ1v) is 8.33. The van der Waals surface area contributed by atoms with Gasteiger partial charge in [0.1, 0.15) is 24.3 Å². The number of aliphatic hydroxyl groups excluding tert-OH is 1. The van der Waals surface area contributed by atoms with Gasteiger partial charge in [0.05, 0.1) is 0 Å². The van der Waals surface area contributed by atoms with Gasteiger partial charge in [-0.1, -0.05) is 31.2 Å². The van der Waals surface area contributed by atoms with E-state index in [1.54, 1.807) is 12.1 Å². The molecule has 0 radical (unpaired) electrons. The number of rotatable bonds is 8. The summed E-state index contributed by atoms with van der Waals surface area (Å²) in [5.41, 5.74) is 1.98. The molecule has 1 amide bonds. The largest absolute Gasteiger partial charge is 0.491 e. The van der Waals surface area contributed by atoms with Gasteiger partial charge in [-0.25, -0.2) is 4.39 Å². The average Bonchev–Trinajstić information content (AvgIpc) is 2.58. The topological polar surface area (TPSA) is 58.6 Å². The average molecular weight is 345 g/mol. The van der Waals surface area contributed by atoms with Crippen LogP contribution in [0, 0.1) is 12.7 Å². The zero-order valence-electron chi connectivity index (χ0n) is 14.5. The van der Waals surface area contributed by atoms with Gasteiger partial charge in [0, 0.05) is 13.0 Å². The maximum atomic E-state index is 12.9. The van der Waals surface area contributed by atoms with Gasteiger partial charge in [0.15, 0.2) is 0 Å². The summed E-state index contributed by atoms with van der Waals surface area (Å²) in [7, 11) is 0. The van der Waals surface area contributed by atoms with Crippen LogP contribution >= 0.6 is 0 Å². The van der Waals surface area contributed by atoms with Crippen LogP contribution in [0.25, 0.3) is 0 Å². The number of ether oxygens (including phenoxy) is 1. The minimum Gasteiger partial charge on any atom is -0.491 e. The molecule has 0 heterocycles. The highest BCUT2D eigenvalue weighted by atomic mass is 19.1. The van der Waals surface area contributed by atoms with Gasteiger partial charge >= 0.3 is 0 Å². The molecule has 25 heavy (non-hydrogen) atoms. The minimum atomic E-state index is -0.786. The van der Waals surface area contributed by atoms with Crippen molar-refractivity contribution in [3.8, 4) is 5.75 Å². The third kappa shape index (κ3) is 6.55. The summed E-state index contributed by atoms with van der Waals surface area (Å²) in [4.78, 5) is 12.0. The van der Waals surface area contributed by atoms with Crippen molar-refractivity contribution >= 4 is 5.91 Å². The van der Waals surface area contributed by atoms with Gasteiger partial charge in [-0.2, -0.15) is 0 Å². The number of benzene rings is 2. The second kappa shape index (κ2) is 9.18. The van der Waals surface area contributed by atoms with Crippen LogP contribution in [0.2, 0.25) is 0 Å². The highest BCUT2D eigenvalue weighted by Gasteiger charge is 2.13. The van der Waals surface area contributed by atoms with E-state index in [9.17, 15) is 14.3 Å². The van der Waals surface area contributed by atoms with E-state index in [4.69, 9.17) is 4.74 Å². The molecule has 0 aromatic heterocycles. The van der Waals surface area contributed by atoms with E-state index in [1.807, 2.05) is 38.1 Å². The Hall–Kier alpha value is -2.40. The molecule has 2 rings (SSSR count). The van der Waals surface area contributed by atoms with Gasteiger partial charge in [-0.3, -0.25) is 4.79 Å². The molecule has 4 nitrogen and oxygen atoms in total. The quantitative estimate of drug-likeness (QED) is 0.772. The van der Waals surface area contributed by atoms with Crippen LogP contribution in [0.3, 0.4) is 0 Å². The smallest absolute Gasteiger partial charge is 0.220 e. The second-order valence-electron chi connectivity index (χ2n) is 6.24. The van der Waals surface area contributed by atoms with Crippen molar-refractivity contribution in [1.82, 2.24) is 5.32 Å². The molecule has 2 unspecified atom stereocenters. The summed E-state index contributed by atoms with van der Waals surface area (Å²) in [5.74, 6) is 0.208. The minimum absolute atomic E-state index is 0.0266. The van der Waals surface area contributed by atoms with Gasteiger partial charge in [-0.05, 0) is 48.2 Å². The standard InChI is InChI=1S/C20H24FNO3/c1-14-4-3-5-19(10-14)25-13-18(23)12-22-20(24)11-15(2)16-6-8-17(21)9-7-16/h3-10,15,18,23H,11-13H2,1-2H3,(H,22,24). The molecule has 134 valence electrons. The summed E-state index contributed by atoms with van der Waals surface area (Å²) in [6, 6.07) is 13.7. The van der Waals surface area contributed by atoms with E-state index in [1.165, 1.54) is 12.1 Å². The Bertz CT molecular complexity index is 688. The summed E-state index contributed by atoms with van der Waals surface area (Å²) in [6.07, 6.45) is -0.512. The molecule has 2 N–H and O–H groups in total. The molecule has 0 aliphatic heterocycles. The van der Waals surface area contributed by atoms with Crippen LogP contribution in [0.15, 0.2) is 48.5 Å². The van der Waals surface area contributed by atoms with E-state index >= 15 is 0 Å². The Balaban J connectivity index is 1.70. The lowest BCUT2D eigenvalue weighted by Crippen LogP contribution is -2.35. The Morgan fingerprint density at radius 2 is 1.96 bits per heavy atom. The van der Waals surface area contributed by atoms with Gasteiger partial charge in [0.2, 0.25) is 5.91 Å².